The summed E-state index contributed by atoms with van der Waals surface area (Å²) >= 11 is 0. The number of carbonyl (C=O) groups is 1. The Kier molecular flexibility index (Phi) is 4.42. The number of hydrogen-bond acceptors (Lipinski definition) is 5. The minimum Gasteiger partial charge on any atom is -0.489 e. The van der Waals surface area contributed by atoms with Crippen LogP contribution in [-0.4, -0.2) is 20.5 Å². The van der Waals surface area contributed by atoms with Gasteiger partial charge < -0.3 is 10.1 Å². The number of ketones is 1. The number of Topliss-reactive ketones (excluding diaryl/α,β-unsaturated/α-hetero) is 1. The molecule has 1 atom stereocenters. The fourth-order valence-corrected chi connectivity index (χ4v) is 4.34. The van der Waals surface area contributed by atoms with Gasteiger partial charge in [-0.1, -0.05) is 56.3 Å². The molecule has 0 saturated carbocycles. The van der Waals surface area contributed by atoms with Gasteiger partial charge in [-0.15, -0.1) is 0 Å². The first kappa shape index (κ1) is 18.6. The summed E-state index contributed by atoms with van der Waals surface area (Å²) in [5.74, 6) is 1.64. The number of benzene rings is 2. The molecule has 0 spiro atoms. The number of ether oxygens (including phenoxy) is 1. The quantitative estimate of drug-likeness (QED) is 0.698. The van der Waals surface area contributed by atoms with E-state index in [1.807, 2.05) is 54.6 Å². The van der Waals surface area contributed by atoms with Crippen molar-refractivity contribution in [3.05, 3.63) is 83.3 Å². The van der Waals surface area contributed by atoms with Crippen LogP contribution in [0.5, 0.6) is 5.75 Å². The number of hydrogen-bond donors (Lipinski definition) is 1. The van der Waals surface area contributed by atoms with Crippen molar-refractivity contribution < 1.29 is 9.53 Å². The Balaban J connectivity index is 1.45. The predicted octanol–water partition coefficient (Wildman–Crippen LogP) is 4.52. The monoisotopic (exact) mass is 400 g/mol. The first-order valence-electron chi connectivity index (χ1n) is 10.2. The van der Waals surface area contributed by atoms with Gasteiger partial charge in [0.25, 0.3) is 0 Å². The molecule has 1 aromatic heterocycles. The highest BCUT2D eigenvalue weighted by Gasteiger charge is 2.41. The second-order valence-corrected chi connectivity index (χ2v) is 8.73. The Morgan fingerprint density at radius 2 is 1.87 bits per heavy atom. The molecule has 1 aliphatic heterocycles. The summed E-state index contributed by atoms with van der Waals surface area (Å²) in [4.78, 5) is 17.4. The number of carbonyl (C=O) groups excluding carboxylic acids is 1. The molecule has 0 bridgehead atoms. The standard InChI is InChI=1S/C24H24N4O2/c1-24(2)12-19-21(20(29)13-24)22(28-23(27-19)25-15-26-28)17-8-10-18(11-9-17)30-14-16-6-4-3-5-7-16/h3-11,15,22H,12-14H2,1-2H3,(H,25,26,27)/t22-/m1/s1. The fourth-order valence-electron chi connectivity index (χ4n) is 4.34. The summed E-state index contributed by atoms with van der Waals surface area (Å²) in [7, 11) is 0. The molecule has 0 amide bonds. The number of anilines is 1. The van der Waals surface area contributed by atoms with Crippen LogP contribution in [0.4, 0.5) is 5.95 Å². The number of rotatable bonds is 4. The highest BCUT2D eigenvalue weighted by Crippen LogP contribution is 2.45. The molecule has 0 saturated heterocycles. The zero-order valence-electron chi connectivity index (χ0n) is 17.1. The Bertz CT molecular complexity index is 1110. The van der Waals surface area contributed by atoms with Crippen molar-refractivity contribution in [2.24, 2.45) is 5.41 Å². The Labute approximate surface area is 175 Å². The van der Waals surface area contributed by atoms with Crippen LogP contribution in [0.3, 0.4) is 0 Å². The molecule has 30 heavy (non-hydrogen) atoms. The molecular formula is C24H24N4O2. The third-order valence-electron chi connectivity index (χ3n) is 5.72. The van der Waals surface area contributed by atoms with Gasteiger partial charge in [-0.3, -0.25) is 4.79 Å². The zero-order chi connectivity index (χ0) is 20.7. The molecule has 0 fully saturated rings. The molecule has 3 aromatic rings. The Hall–Kier alpha value is -3.41. The van der Waals surface area contributed by atoms with E-state index in [1.54, 1.807) is 4.68 Å². The van der Waals surface area contributed by atoms with Gasteiger partial charge in [-0.2, -0.15) is 10.1 Å². The SMILES string of the molecule is CC1(C)CC(=O)C2=C(C1)Nc1ncnn1[C@@H]2c1ccc(OCc2ccccc2)cc1. The van der Waals surface area contributed by atoms with E-state index in [0.717, 1.165) is 34.6 Å². The summed E-state index contributed by atoms with van der Waals surface area (Å²) < 4.78 is 7.72. The smallest absolute Gasteiger partial charge is 0.226 e. The van der Waals surface area contributed by atoms with Crippen molar-refractivity contribution in [3.8, 4) is 5.75 Å². The van der Waals surface area contributed by atoms with Gasteiger partial charge in [-0.25, -0.2) is 4.68 Å². The minimum atomic E-state index is -0.273. The van der Waals surface area contributed by atoms with Crippen molar-refractivity contribution in [3.63, 3.8) is 0 Å². The summed E-state index contributed by atoms with van der Waals surface area (Å²) in [5, 5.41) is 7.74. The van der Waals surface area contributed by atoms with Crippen LogP contribution in [0.15, 0.2) is 72.2 Å². The topological polar surface area (TPSA) is 69.0 Å². The average Bonchev–Trinajstić information content (AvgIpc) is 3.19. The first-order valence-corrected chi connectivity index (χ1v) is 10.2. The van der Waals surface area contributed by atoms with Gasteiger partial charge in [0.15, 0.2) is 5.78 Å². The van der Waals surface area contributed by atoms with Crippen molar-refractivity contribution in [2.45, 2.75) is 39.3 Å². The number of allylic oxidation sites excluding steroid dienone is 2. The summed E-state index contributed by atoms with van der Waals surface area (Å²) in [5.41, 5.74) is 3.81. The highest BCUT2D eigenvalue weighted by atomic mass is 16.5. The minimum absolute atomic E-state index is 0.0647. The maximum absolute atomic E-state index is 13.1. The van der Waals surface area contributed by atoms with Crippen LogP contribution in [0.1, 0.15) is 43.9 Å². The Morgan fingerprint density at radius 3 is 2.63 bits per heavy atom. The molecule has 2 aromatic carbocycles. The second kappa shape index (κ2) is 7.13. The first-order chi connectivity index (χ1) is 14.5. The van der Waals surface area contributed by atoms with E-state index < -0.39 is 0 Å². The van der Waals surface area contributed by atoms with E-state index in [0.29, 0.717) is 19.0 Å². The molecule has 152 valence electrons. The third kappa shape index (κ3) is 3.38. The van der Waals surface area contributed by atoms with Gasteiger partial charge in [0, 0.05) is 17.7 Å². The van der Waals surface area contributed by atoms with Crippen LogP contribution in [-0.2, 0) is 11.4 Å². The largest absolute Gasteiger partial charge is 0.489 e. The van der Waals surface area contributed by atoms with Crippen LogP contribution >= 0.6 is 0 Å². The number of fused-ring (bicyclic) bond motifs is 1. The molecule has 2 heterocycles. The zero-order valence-corrected chi connectivity index (χ0v) is 17.1. The van der Waals surface area contributed by atoms with Crippen LogP contribution < -0.4 is 10.1 Å². The van der Waals surface area contributed by atoms with Crippen LogP contribution in [0.25, 0.3) is 0 Å². The predicted molar refractivity (Wildman–Crippen MR) is 114 cm³/mol. The van der Waals surface area contributed by atoms with E-state index in [1.165, 1.54) is 6.33 Å². The molecule has 5 rings (SSSR count). The lowest BCUT2D eigenvalue weighted by Crippen LogP contribution is -2.36. The molecule has 0 unspecified atom stereocenters. The van der Waals surface area contributed by atoms with Crippen molar-refractivity contribution in [1.29, 1.82) is 0 Å². The molecule has 1 aliphatic carbocycles. The maximum atomic E-state index is 13.1. The molecule has 1 N–H and O–H groups in total. The molecule has 6 heteroatoms. The molecule has 6 nitrogen and oxygen atoms in total. The van der Waals surface area contributed by atoms with E-state index in [4.69, 9.17) is 4.74 Å². The lowest BCUT2D eigenvalue weighted by atomic mass is 9.73. The number of aromatic nitrogens is 3. The van der Waals surface area contributed by atoms with Gasteiger partial charge in [0.1, 0.15) is 24.7 Å². The maximum Gasteiger partial charge on any atom is 0.226 e. The lowest BCUT2D eigenvalue weighted by Gasteiger charge is -2.38. The molecule has 0 radical (unpaired) electrons. The Morgan fingerprint density at radius 1 is 1.10 bits per heavy atom. The molecule has 2 aliphatic rings. The van der Waals surface area contributed by atoms with Gasteiger partial charge >= 0.3 is 0 Å². The second-order valence-electron chi connectivity index (χ2n) is 8.73. The van der Waals surface area contributed by atoms with E-state index in [2.05, 4.69) is 29.2 Å². The van der Waals surface area contributed by atoms with Crippen LogP contribution in [0, 0.1) is 5.41 Å². The number of nitrogens with one attached hydrogen (secondary N) is 1. The number of nitrogens with zero attached hydrogens (tertiary/aromatic N) is 3. The summed E-state index contributed by atoms with van der Waals surface area (Å²) in [6.45, 7) is 4.77. The third-order valence-corrected chi connectivity index (χ3v) is 5.72. The van der Waals surface area contributed by atoms with E-state index >= 15 is 0 Å². The van der Waals surface area contributed by atoms with Crippen molar-refractivity contribution >= 4 is 11.7 Å². The van der Waals surface area contributed by atoms with Gasteiger partial charge in [0.2, 0.25) is 5.95 Å². The van der Waals surface area contributed by atoms with Crippen LogP contribution in [0.2, 0.25) is 0 Å². The van der Waals surface area contributed by atoms with E-state index in [-0.39, 0.29) is 17.2 Å². The van der Waals surface area contributed by atoms with Gasteiger partial charge in [0.05, 0.1) is 0 Å². The summed E-state index contributed by atoms with van der Waals surface area (Å²) in [6.07, 6.45) is 2.88. The highest BCUT2D eigenvalue weighted by molar-refractivity contribution is 6.00. The average molecular weight is 400 g/mol. The lowest BCUT2D eigenvalue weighted by molar-refractivity contribution is -0.118. The normalized spacial score (nSPS) is 19.7. The van der Waals surface area contributed by atoms with Crippen molar-refractivity contribution in [1.82, 2.24) is 14.8 Å². The van der Waals surface area contributed by atoms with Crippen molar-refractivity contribution in [2.75, 3.05) is 5.32 Å². The summed E-state index contributed by atoms with van der Waals surface area (Å²) in [6, 6.07) is 17.7. The van der Waals surface area contributed by atoms with Gasteiger partial charge in [-0.05, 0) is 35.1 Å². The van der Waals surface area contributed by atoms with E-state index in [9.17, 15) is 4.79 Å². The molecular weight excluding hydrogens is 376 g/mol. The fraction of sp³-hybridized carbons (Fsp3) is 0.292.